The zero-order valence-corrected chi connectivity index (χ0v) is 2.71. The highest BCUT2D eigenvalue weighted by molar-refractivity contribution is 4.67. The molecular weight excluding hydrogens is 84.0 g/mol. The van der Waals surface area contributed by atoms with Gasteiger partial charge >= 0.3 is 12.1 Å². The molecule has 0 saturated heterocycles. The standard InChI is InChI=1S/C2N2O2/c5-2-1-3-4-6-2. The Morgan fingerprint density at radius 1 is 1.83 bits per heavy atom. The minimum atomic E-state index is -0.630. The van der Waals surface area contributed by atoms with Crippen molar-refractivity contribution in [2.45, 2.75) is 0 Å². The van der Waals surface area contributed by atoms with Gasteiger partial charge in [-0.2, -0.15) is 0 Å². The molecule has 6 heavy (non-hydrogen) atoms. The van der Waals surface area contributed by atoms with Crippen molar-refractivity contribution in [3.05, 3.63) is 12.1 Å². The van der Waals surface area contributed by atoms with Crippen LogP contribution in [0.3, 0.4) is 0 Å². The van der Waals surface area contributed by atoms with Gasteiger partial charge in [-0.3, -0.25) is 0 Å². The average Bonchev–Trinajstić information content (AvgIpc) is 1.86. The quantitative estimate of drug-likeness (QED) is 0.366. The molecule has 0 saturated carbocycles. The average molecular weight is 84.0 g/mol. The molecule has 0 spiro atoms. The van der Waals surface area contributed by atoms with Crippen LogP contribution in [0, 0.1) is 6.20 Å². The van der Waals surface area contributed by atoms with Crippen LogP contribution >= 0.6 is 0 Å². The Morgan fingerprint density at radius 3 is 2.83 bits per heavy atom. The Labute approximate surface area is 33.7 Å². The lowest BCUT2D eigenvalue weighted by molar-refractivity contribution is -0.356. The third-order valence-electron chi connectivity index (χ3n) is 0.306. The fraction of sp³-hybridized carbons (Fsp3) is 0. The van der Waals surface area contributed by atoms with Crippen molar-refractivity contribution >= 4 is 0 Å². The topological polar surface area (TPSA) is 57.0 Å². The highest BCUT2D eigenvalue weighted by Crippen LogP contribution is 1.95. The maximum Gasteiger partial charge on any atom is 0.453 e. The number of hydrogen-bond donors (Lipinski definition) is 0. The van der Waals surface area contributed by atoms with E-state index in [1.807, 2.05) is 6.20 Å². The molecule has 0 atom stereocenters. The van der Waals surface area contributed by atoms with Gasteiger partial charge in [-0.1, -0.05) is 0 Å². The smallest absolute Gasteiger partial charge is 0.453 e. The summed E-state index contributed by atoms with van der Waals surface area (Å²) in [5.74, 6) is -0.630. The van der Waals surface area contributed by atoms with E-state index in [1.54, 1.807) is 0 Å². The molecule has 0 N–H and O–H groups in total. The number of rotatable bonds is 0. The first-order valence-electron chi connectivity index (χ1n) is 1.26. The van der Waals surface area contributed by atoms with Gasteiger partial charge in [0.05, 0.1) is 0 Å². The Bertz CT molecular complexity index is 106. The first-order chi connectivity index (χ1) is 2.89. The monoisotopic (exact) mass is 84.0 g/mol. The van der Waals surface area contributed by atoms with Crippen molar-refractivity contribution in [2.24, 2.45) is 10.4 Å². The van der Waals surface area contributed by atoms with Gasteiger partial charge in [-0.05, 0) is 5.28 Å². The van der Waals surface area contributed by atoms with Gasteiger partial charge in [-0.25, -0.2) is 0 Å². The lowest BCUT2D eigenvalue weighted by Gasteiger charge is -1.82. The van der Waals surface area contributed by atoms with Crippen molar-refractivity contribution in [2.75, 3.05) is 0 Å². The molecule has 1 aliphatic heterocycles. The van der Waals surface area contributed by atoms with Crippen LogP contribution in [0.4, 0.5) is 0 Å². The highest BCUT2D eigenvalue weighted by atomic mass is 16.7. The highest BCUT2D eigenvalue weighted by Gasteiger charge is 2.02. The largest absolute Gasteiger partial charge is 0.498 e. The SMILES string of the molecule is [O-]C1=[C+]N=NO1. The van der Waals surface area contributed by atoms with Gasteiger partial charge < -0.3 is 9.94 Å². The summed E-state index contributed by atoms with van der Waals surface area (Å²) in [6.45, 7) is 0. The Hall–Kier alpha value is -1.15. The van der Waals surface area contributed by atoms with Crippen LogP contribution in [0.15, 0.2) is 16.3 Å². The molecule has 1 heterocycles. The molecule has 4 heteroatoms. The summed E-state index contributed by atoms with van der Waals surface area (Å²) in [5, 5.41) is 15.5. The summed E-state index contributed by atoms with van der Waals surface area (Å²) in [6, 6.07) is 0. The lowest BCUT2D eigenvalue weighted by Crippen LogP contribution is -2.00. The van der Waals surface area contributed by atoms with Crippen LogP contribution in [0.25, 0.3) is 0 Å². The molecule has 0 bridgehead atoms. The van der Waals surface area contributed by atoms with Crippen molar-refractivity contribution in [1.82, 2.24) is 0 Å². The third-order valence-corrected chi connectivity index (χ3v) is 0.306. The summed E-state index contributed by atoms with van der Waals surface area (Å²) >= 11 is 0. The molecule has 0 aromatic heterocycles. The van der Waals surface area contributed by atoms with Gasteiger partial charge in [0.1, 0.15) is 5.11 Å². The van der Waals surface area contributed by atoms with E-state index < -0.39 is 5.95 Å². The summed E-state index contributed by atoms with van der Waals surface area (Å²) in [5.41, 5.74) is 0. The minimum absolute atomic E-state index is 0.630. The number of hydrogen-bond acceptors (Lipinski definition) is 4. The molecule has 0 unspecified atom stereocenters. The molecule has 0 fully saturated rings. The fourth-order valence-electron chi connectivity index (χ4n) is 0.139. The predicted molar refractivity (Wildman–Crippen MR) is 12.7 cm³/mol. The first-order valence-corrected chi connectivity index (χ1v) is 1.26. The van der Waals surface area contributed by atoms with Gasteiger partial charge in [0.15, 0.2) is 0 Å². The van der Waals surface area contributed by atoms with Gasteiger partial charge in [-0.15, -0.1) is 0 Å². The van der Waals surface area contributed by atoms with E-state index in [1.165, 1.54) is 0 Å². The van der Waals surface area contributed by atoms with E-state index in [2.05, 4.69) is 15.2 Å². The Kier molecular flexibility index (Phi) is 0.465. The minimum Gasteiger partial charge on any atom is -0.498 e. The lowest BCUT2D eigenvalue weighted by atomic mass is 10.9. The summed E-state index contributed by atoms with van der Waals surface area (Å²) in [6.07, 6.45) is 1.92. The summed E-state index contributed by atoms with van der Waals surface area (Å²) in [7, 11) is 0. The van der Waals surface area contributed by atoms with Crippen molar-refractivity contribution < 1.29 is 9.94 Å². The molecule has 0 aromatic rings. The second-order valence-corrected chi connectivity index (χ2v) is 0.672. The summed E-state index contributed by atoms with van der Waals surface area (Å²) < 4.78 is 0. The van der Waals surface area contributed by atoms with Crippen molar-refractivity contribution in [1.29, 1.82) is 0 Å². The van der Waals surface area contributed by atoms with E-state index in [-0.39, 0.29) is 0 Å². The van der Waals surface area contributed by atoms with E-state index in [0.29, 0.717) is 0 Å². The van der Waals surface area contributed by atoms with E-state index in [0.717, 1.165) is 0 Å². The van der Waals surface area contributed by atoms with Crippen LogP contribution in [0.2, 0.25) is 0 Å². The molecule has 4 nitrogen and oxygen atoms in total. The van der Waals surface area contributed by atoms with Crippen LogP contribution in [0.1, 0.15) is 0 Å². The predicted octanol–water partition coefficient (Wildman–Crippen LogP) is -0.654. The molecular formula is C2N2O2. The second kappa shape index (κ2) is 0.914. The molecule has 0 aliphatic carbocycles. The number of nitrogens with zero attached hydrogens (tertiary/aromatic N) is 2. The van der Waals surface area contributed by atoms with Crippen molar-refractivity contribution in [3.63, 3.8) is 0 Å². The normalized spacial score (nSPS) is 15.7. The maximum atomic E-state index is 9.72. The van der Waals surface area contributed by atoms with E-state index in [9.17, 15) is 5.11 Å². The summed E-state index contributed by atoms with van der Waals surface area (Å²) in [4.78, 5) is 3.86. The van der Waals surface area contributed by atoms with Crippen LogP contribution in [-0.2, 0) is 4.84 Å². The van der Waals surface area contributed by atoms with Crippen molar-refractivity contribution in [3.8, 4) is 0 Å². The second-order valence-electron chi connectivity index (χ2n) is 0.672. The molecule has 0 amide bonds. The van der Waals surface area contributed by atoms with Gasteiger partial charge in [0.25, 0.3) is 0 Å². The third kappa shape index (κ3) is 0.285. The zero-order chi connectivity index (χ0) is 4.41. The zero-order valence-electron chi connectivity index (χ0n) is 2.71. The van der Waals surface area contributed by atoms with Crippen LogP contribution in [-0.4, -0.2) is 0 Å². The molecule has 1 aliphatic rings. The van der Waals surface area contributed by atoms with E-state index >= 15 is 0 Å². The molecule has 1 rings (SSSR count). The Balaban J connectivity index is 2.61. The van der Waals surface area contributed by atoms with E-state index in [4.69, 9.17) is 0 Å². The molecule has 30 valence electrons. The molecule has 0 aromatic carbocycles. The maximum absolute atomic E-state index is 9.72. The van der Waals surface area contributed by atoms with Crippen LogP contribution < -0.4 is 5.11 Å². The molecule has 0 radical (unpaired) electrons. The van der Waals surface area contributed by atoms with Gasteiger partial charge in [0, 0.05) is 0 Å². The first kappa shape index (κ1) is 3.06. The van der Waals surface area contributed by atoms with Crippen LogP contribution in [0.5, 0.6) is 0 Å². The Morgan fingerprint density at radius 2 is 2.67 bits per heavy atom. The van der Waals surface area contributed by atoms with Gasteiger partial charge in [0.2, 0.25) is 0 Å². The fourth-order valence-corrected chi connectivity index (χ4v) is 0.139.